The van der Waals surface area contributed by atoms with Crippen molar-refractivity contribution in [1.29, 1.82) is 0 Å². The zero-order valence-corrected chi connectivity index (χ0v) is 14.7. The molecule has 1 atom stereocenters. The van der Waals surface area contributed by atoms with Gasteiger partial charge >= 0.3 is 5.97 Å². The predicted molar refractivity (Wildman–Crippen MR) is 95.6 cm³/mol. The van der Waals surface area contributed by atoms with E-state index in [0.29, 0.717) is 29.3 Å². The first-order chi connectivity index (χ1) is 11.5. The number of hydrogen-bond donors (Lipinski definition) is 2. The number of nitrogens with one attached hydrogen (secondary N) is 1. The van der Waals surface area contributed by atoms with Crippen LogP contribution in [-0.4, -0.2) is 26.3 Å². The van der Waals surface area contributed by atoms with Crippen molar-refractivity contribution in [3.05, 3.63) is 57.5 Å². The van der Waals surface area contributed by atoms with E-state index in [-0.39, 0.29) is 5.56 Å². The van der Waals surface area contributed by atoms with Gasteiger partial charge in [0.05, 0.1) is 0 Å². The summed E-state index contributed by atoms with van der Waals surface area (Å²) in [7, 11) is 0. The van der Waals surface area contributed by atoms with Gasteiger partial charge in [0.1, 0.15) is 5.25 Å². The van der Waals surface area contributed by atoms with Crippen LogP contribution in [0, 0.1) is 6.92 Å². The number of thioether (sulfide) groups is 1. The monoisotopic (exact) mass is 346 g/mol. The molecule has 0 aliphatic heterocycles. The summed E-state index contributed by atoms with van der Waals surface area (Å²) in [6, 6.07) is 9.73. The van der Waals surface area contributed by atoms with Crippen molar-refractivity contribution in [2.45, 2.75) is 49.9 Å². The molecule has 2 aromatic rings. The van der Waals surface area contributed by atoms with Crippen LogP contribution in [0.2, 0.25) is 0 Å². The second-order valence-corrected chi connectivity index (χ2v) is 6.88. The quantitative estimate of drug-likeness (QED) is 0.565. The minimum absolute atomic E-state index is 0.200. The zero-order valence-electron chi connectivity index (χ0n) is 13.9. The first kappa shape index (κ1) is 18.3. The molecule has 0 saturated heterocycles. The fourth-order valence-electron chi connectivity index (χ4n) is 2.41. The third kappa shape index (κ3) is 4.96. The normalized spacial score (nSPS) is 12.1. The Morgan fingerprint density at radius 1 is 1.33 bits per heavy atom. The Kier molecular flexibility index (Phi) is 6.61. The molecule has 128 valence electrons. The van der Waals surface area contributed by atoms with Gasteiger partial charge in [-0.25, -0.2) is 4.98 Å². The maximum atomic E-state index is 12.4. The van der Waals surface area contributed by atoms with Crippen LogP contribution in [0.15, 0.2) is 40.3 Å². The number of aromatic nitrogens is 2. The van der Waals surface area contributed by atoms with E-state index in [1.54, 1.807) is 6.92 Å². The fourth-order valence-corrected chi connectivity index (χ4v) is 3.40. The molecule has 1 aromatic carbocycles. The van der Waals surface area contributed by atoms with Crippen LogP contribution in [0.1, 0.15) is 43.0 Å². The lowest BCUT2D eigenvalue weighted by molar-refractivity contribution is -0.136. The van der Waals surface area contributed by atoms with E-state index < -0.39 is 11.2 Å². The van der Waals surface area contributed by atoms with Crippen molar-refractivity contribution in [3.8, 4) is 0 Å². The third-order valence-electron chi connectivity index (χ3n) is 3.77. The van der Waals surface area contributed by atoms with Gasteiger partial charge in [0.15, 0.2) is 5.16 Å². The Morgan fingerprint density at radius 2 is 2.04 bits per heavy atom. The second-order valence-electron chi connectivity index (χ2n) is 5.68. The van der Waals surface area contributed by atoms with Crippen molar-refractivity contribution in [2.24, 2.45) is 0 Å². The minimum Gasteiger partial charge on any atom is -0.480 e. The van der Waals surface area contributed by atoms with Crippen molar-refractivity contribution in [1.82, 2.24) is 9.97 Å². The number of nitrogens with zero attached hydrogens (tertiary/aromatic N) is 1. The molecule has 1 heterocycles. The van der Waals surface area contributed by atoms with E-state index >= 15 is 0 Å². The number of unbranched alkanes of at least 4 members (excludes halogenated alkanes) is 1. The summed E-state index contributed by atoms with van der Waals surface area (Å²) in [6.07, 6.45) is 2.84. The van der Waals surface area contributed by atoms with Gasteiger partial charge in [-0.3, -0.25) is 9.59 Å². The molecule has 0 aliphatic carbocycles. The first-order valence-corrected chi connectivity index (χ1v) is 8.92. The molecule has 0 bridgehead atoms. The molecule has 0 radical (unpaired) electrons. The maximum Gasteiger partial charge on any atom is 0.317 e. The van der Waals surface area contributed by atoms with Gasteiger partial charge in [0, 0.05) is 17.7 Å². The smallest absolute Gasteiger partial charge is 0.317 e. The van der Waals surface area contributed by atoms with Crippen LogP contribution in [0.5, 0.6) is 0 Å². The SMILES string of the molecule is CCCCC(Sc1nc(C)c(Cc2ccccc2)c(=O)[nH]1)C(=O)O. The molecule has 2 N–H and O–H groups in total. The molecule has 6 heteroatoms. The van der Waals surface area contributed by atoms with Crippen LogP contribution >= 0.6 is 11.8 Å². The largest absolute Gasteiger partial charge is 0.480 e. The molecule has 1 aromatic heterocycles. The number of carbonyl (C=O) groups is 1. The van der Waals surface area contributed by atoms with Crippen LogP contribution in [0.3, 0.4) is 0 Å². The highest BCUT2D eigenvalue weighted by molar-refractivity contribution is 8.00. The number of H-pyrrole nitrogens is 1. The van der Waals surface area contributed by atoms with Crippen LogP contribution in [0.25, 0.3) is 0 Å². The van der Waals surface area contributed by atoms with E-state index in [4.69, 9.17) is 0 Å². The van der Waals surface area contributed by atoms with E-state index in [9.17, 15) is 14.7 Å². The summed E-state index contributed by atoms with van der Waals surface area (Å²) in [4.78, 5) is 30.9. The molecule has 0 saturated carbocycles. The summed E-state index contributed by atoms with van der Waals surface area (Å²) in [5, 5.41) is 9.09. The van der Waals surface area contributed by atoms with Gasteiger partial charge in [0.25, 0.3) is 5.56 Å². The lowest BCUT2D eigenvalue weighted by Gasteiger charge is -2.12. The summed E-state index contributed by atoms with van der Waals surface area (Å²) in [6.45, 7) is 3.81. The molecule has 24 heavy (non-hydrogen) atoms. The van der Waals surface area contributed by atoms with E-state index in [1.807, 2.05) is 37.3 Å². The standard InChI is InChI=1S/C18H22N2O3S/c1-3-4-10-15(17(22)23)24-18-19-12(2)14(16(21)20-18)11-13-8-6-5-7-9-13/h5-9,15H,3-4,10-11H2,1-2H3,(H,22,23)(H,19,20,21). The van der Waals surface area contributed by atoms with Crippen LogP contribution in [-0.2, 0) is 11.2 Å². The van der Waals surface area contributed by atoms with Gasteiger partial charge < -0.3 is 10.1 Å². The zero-order chi connectivity index (χ0) is 17.5. The summed E-state index contributed by atoms with van der Waals surface area (Å²) < 4.78 is 0. The van der Waals surface area contributed by atoms with Gasteiger partial charge in [-0.2, -0.15) is 0 Å². The number of carboxylic acids is 1. The molecule has 0 amide bonds. The van der Waals surface area contributed by atoms with Crippen molar-refractivity contribution < 1.29 is 9.90 Å². The van der Waals surface area contributed by atoms with Crippen molar-refractivity contribution >= 4 is 17.7 Å². The Hall–Kier alpha value is -2.08. The Labute approximate surface area is 145 Å². The summed E-state index contributed by atoms with van der Waals surface area (Å²) >= 11 is 1.11. The van der Waals surface area contributed by atoms with Crippen molar-refractivity contribution in [3.63, 3.8) is 0 Å². The molecular weight excluding hydrogens is 324 g/mol. The number of aryl methyl sites for hydroxylation is 1. The highest BCUT2D eigenvalue weighted by Crippen LogP contribution is 2.24. The second kappa shape index (κ2) is 8.68. The number of carboxylic acid groups (broad SMARTS) is 1. The highest BCUT2D eigenvalue weighted by Gasteiger charge is 2.20. The summed E-state index contributed by atoms with van der Waals surface area (Å²) in [5.41, 5.74) is 2.10. The van der Waals surface area contributed by atoms with Crippen LogP contribution in [0.4, 0.5) is 0 Å². The number of rotatable bonds is 8. The summed E-state index contributed by atoms with van der Waals surface area (Å²) in [5.74, 6) is -0.873. The molecule has 2 rings (SSSR count). The van der Waals surface area contributed by atoms with Crippen molar-refractivity contribution in [2.75, 3.05) is 0 Å². The van der Waals surface area contributed by atoms with E-state index in [0.717, 1.165) is 30.2 Å². The fraction of sp³-hybridized carbons (Fsp3) is 0.389. The predicted octanol–water partition coefficient (Wildman–Crippen LogP) is 3.40. The lowest BCUT2D eigenvalue weighted by atomic mass is 10.1. The molecule has 5 nitrogen and oxygen atoms in total. The van der Waals surface area contributed by atoms with E-state index in [1.165, 1.54) is 0 Å². The Balaban J connectivity index is 2.19. The molecule has 0 spiro atoms. The van der Waals surface area contributed by atoms with Gasteiger partial charge in [-0.05, 0) is 18.9 Å². The van der Waals surface area contributed by atoms with Gasteiger partial charge in [-0.15, -0.1) is 0 Å². The lowest BCUT2D eigenvalue weighted by Crippen LogP contribution is -2.21. The average molecular weight is 346 g/mol. The molecule has 0 aliphatic rings. The maximum absolute atomic E-state index is 12.4. The third-order valence-corrected chi connectivity index (χ3v) is 4.91. The number of aromatic amines is 1. The Bertz CT molecular complexity index is 744. The average Bonchev–Trinajstić information content (AvgIpc) is 2.55. The number of aliphatic carboxylic acids is 1. The minimum atomic E-state index is -0.873. The number of hydrogen-bond acceptors (Lipinski definition) is 4. The topological polar surface area (TPSA) is 83.0 Å². The van der Waals surface area contributed by atoms with Gasteiger partial charge in [0.2, 0.25) is 0 Å². The molecular formula is C18H22N2O3S. The number of benzene rings is 1. The van der Waals surface area contributed by atoms with Crippen LogP contribution < -0.4 is 5.56 Å². The van der Waals surface area contributed by atoms with Gasteiger partial charge in [-0.1, -0.05) is 61.9 Å². The first-order valence-electron chi connectivity index (χ1n) is 8.04. The highest BCUT2D eigenvalue weighted by atomic mass is 32.2. The van der Waals surface area contributed by atoms with E-state index in [2.05, 4.69) is 9.97 Å². The molecule has 1 unspecified atom stereocenters. The Morgan fingerprint density at radius 3 is 2.62 bits per heavy atom. The molecule has 0 fully saturated rings.